The van der Waals surface area contributed by atoms with E-state index in [-0.39, 0.29) is 16.9 Å². The molecule has 0 aliphatic carbocycles. The highest BCUT2D eigenvalue weighted by atomic mass is 19.1. The predicted octanol–water partition coefficient (Wildman–Crippen LogP) is 2.58. The van der Waals surface area contributed by atoms with Crippen LogP contribution in [0.2, 0.25) is 0 Å². The van der Waals surface area contributed by atoms with Gasteiger partial charge in [0.1, 0.15) is 11.9 Å². The van der Waals surface area contributed by atoms with Gasteiger partial charge in [-0.05, 0) is 18.2 Å². The van der Waals surface area contributed by atoms with Gasteiger partial charge in [0, 0.05) is 5.41 Å². The summed E-state index contributed by atoms with van der Waals surface area (Å²) >= 11 is 0. The maximum absolute atomic E-state index is 13.2. The van der Waals surface area contributed by atoms with Gasteiger partial charge >= 0.3 is 0 Å². The molecular formula is C13H13FN4. The van der Waals surface area contributed by atoms with Crippen LogP contribution in [0.1, 0.15) is 32.2 Å². The monoisotopic (exact) mass is 244 g/mol. The number of nitriles is 1. The van der Waals surface area contributed by atoms with Crippen LogP contribution in [0.3, 0.4) is 0 Å². The lowest BCUT2D eigenvalue weighted by molar-refractivity contribution is 0.540. The molecule has 0 unspecified atom stereocenters. The quantitative estimate of drug-likeness (QED) is 0.774. The zero-order valence-electron chi connectivity index (χ0n) is 10.5. The van der Waals surface area contributed by atoms with Crippen molar-refractivity contribution in [3.8, 4) is 11.8 Å². The molecule has 0 aliphatic rings. The highest BCUT2D eigenvalue weighted by Crippen LogP contribution is 2.26. The summed E-state index contributed by atoms with van der Waals surface area (Å²) in [5.41, 5.74) is 1.21. The van der Waals surface area contributed by atoms with Crippen molar-refractivity contribution in [1.82, 2.24) is 15.0 Å². The molecule has 0 saturated carbocycles. The van der Waals surface area contributed by atoms with Gasteiger partial charge in [0.2, 0.25) is 0 Å². The minimum atomic E-state index is -0.346. The number of hydrogen-bond acceptors (Lipinski definition) is 3. The normalized spacial score (nSPS) is 11.3. The SMILES string of the molecule is CC(C)(C)c1c(C#N)nnn1-c1cccc(F)c1. The van der Waals surface area contributed by atoms with Crippen molar-refractivity contribution in [3.05, 3.63) is 41.5 Å². The topological polar surface area (TPSA) is 54.5 Å². The first kappa shape index (κ1) is 12.2. The summed E-state index contributed by atoms with van der Waals surface area (Å²) in [4.78, 5) is 0. The van der Waals surface area contributed by atoms with E-state index in [0.29, 0.717) is 11.4 Å². The third-order valence-electron chi connectivity index (χ3n) is 2.54. The van der Waals surface area contributed by atoms with Crippen LogP contribution in [0.25, 0.3) is 5.69 Å². The Bertz CT molecular complexity index is 617. The van der Waals surface area contributed by atoms with Crippen LogP contribution < -0.4 is 0 Å². The van der Waals surface area contributed by atoms with Gasteiger partial charge in [-0.1, -0.05) is 32.1 Å². The van der Waals surface area contributed by atoms with Crippen LogP contribution in [0.5, 0.6) is 0 Å². The van der Waals surface area contributed by atoms with Crippen molar-refractivity contribution in [2.45, 2.75) is 26.2 Å². The summed E-state index contributed by atoms with van der Waals surface area (Å²) in [6, 6.07) is 8.08. The van der Waals surface area contributed by atoms with Crippen LogP contribution in [0.15, 0.2) is 24.3 Å². The van der Waals surface area contributed by atoms with E-state index in [1.807, 2.05) is 26.8 Å². The number of rotatable bonds is 1. The van der Waals surface area contributed by atoms with Crippen molar-refractivity contribution >= 4 is 0 Å². The molecule has 1 aromatic carbocycles. The van der Waals surface area contributed by atoms with Crippen molar-refractivity contribution in [2.24, 2.45) is 0 Å². The number of hydrogen-bond donors (Lipinski definition) is 0. The average molecular weight is 244 g/mol. The van der Waals surface area contributed by atoms with Gasteiger partial charge in [0.25, 0.3) is 0 Å². The van der Waals surface area contributed by atoms with Gasteiger partial charge in [-0.15, -0.1) is 5.10 Å². The summed E-state index contributed by atoms with van der Waals surface area (Å²) in [5.74, 6) is -0.346. The fourth-order valence-corrected chi connectivity index (χ4v) is 1.82. The molecule has 1 heterocycles. The molecule has 0 bridgehead atoms. The highest BCUT2D eigenvalue weighted by molar-refractivity contribution is 5.39. The standard InChI is InChI=1S/C13H13FN4/c1-13(2,3)12-11(8-15)16-17-18(12)10-6-4-5-9(14)7-10/h4-7H,1-3H3. The molecule has 2 aromatic rings. The minimum absolute atomic E-state index is 0.270. The zero-order valence-corrected chi connectivity index (χ0v) is 10.5. The average Bonchev–Trinajstić information content (AvgIpc) is 2.72. The number of benzene rings is 1. The Morgan fingerprint density at radius 1 is 1.33 bits per heavy atom. The fourth-order valence-electron chi connectivity index (χ4n) is 1.82. The van der Waals surface area contributed by atoms with Gasteiger partial charge < -0.3 is 0 Å². The third kappa shape index (κ3) is 2.09. The summed E-state index contributed by atoms with van der Waals surface area (Å²) in [7, 11) is 0. The molecule has 0 aliphatic heterocycles. The molecule has 0 atom stereocenters. The first-order chi connectivity index (χ1) is 8.43. The maximum atomic E-state index is 13.2. The molecule has 0 radical (unpaired) electrons. The maximum Gasteiger partial charge on any atom is 0.186 e. The molecular weight excluding hydrogens is 231 g/mol. The number of aromatic nitrogens is 3. The van der Waals surface area contributed by atoms with E-state index in [2.05, 4.69) is 10.3 Å². The molecule has 18 heavy (non-hydrogen) atoms. The Balaban J connectivity index is 2.67. The Kier molecular flexibility index (Phi) is 2.87. The minimum Gasteiger partial charge on any atom is -0.216 e. The summed E-state index contributed by atoms with van der Waals surface area (Å²) in [6.07, 6.45) is 0. The Morgan fingerprint density at radius 2 is 2.06 bits per heavy atom. The number of halogens is 1. The van der Waals surface area contributed by atoms with E-state index in [9.17, 15) is 4.39 Å². The molecule has 1 aromatic heterocycles. The van der Waals surface area contributed by atoms with Crippen LogP contribution in [-0.4, -0.2) is 15.0 Å². The van der Waals surface area contributed by atoms with Crippen LogP contribution in [0.4, 0.5) is 4.39 Å². The van der Waals surface area contributed by atoms with Crippen LogP contribution in [-0.2, 0) is 5.41 Å². The summed E-state index contributed by atoms with van der Waals surface area (Å²) < 4.78 is 14.8. The van der Waals surface area contributed by atoms with E-state index < -0.39 is 0 Å². The molecule has 2 rings (SSSR count). The van der Waals surface area contributed by atoms with E-state index in [1.54, 1.807) is 12.1 Å². The first-order valence-electron chi connectivity index (χ1n) is 5.55. The highest BCUT2D eigenvalue weighted by Gasteiger charge is 2.26. The fraction of sp³-hybridized carbons (Fsp3) is 0.308. The second kappa shape index (κ2) is 4.22. The van der Waals surface area contributed by atoms with Crippen molar-refractivity contribution in [3.63, 3.8) is 0 Å². The summed E-state index contributed by atoms with van der Waals surface area (Å²) in [5, 5.41) is 16.8. The second-order valence-corrected chi connectivity index (χ2v) is 5.04. The van der Waals surface area contributed by atoms with Gasteiger partial charge in [-0.2, -0.15) is 5.26 Å². The lowest BCUT2D eigenvalue weighted by Gasteiger charge is -2.19. The van der Waals surface area contributed by atoms with Gasteiger partial charge in [-0.3, -0.25) is 0 Å². The molecule has 0 amide bonds. The van der Waals surface area contributed by atoms with E-state index in [1.165, 1.54) is 16.8 Å². The lowest BCUT2D eigenvalue weighted by atomic mass is 9.90. The largest absolute Gasteiger partial charge is 0.216 e. The molecule has 0 spiro atoms. The summed E-state index contributed by atoms with van der Waals surface area (Å²) in [6.45, 7) is 5.88. The molecule has 5 heteroatoms. The predicted molar refractivity (Wildman–Crippen MR) is 64.7 cm³/mol. The van der Waals surface area contributed by atoms with Crippen molar-refractivity contribution in [1.29, 1.82) is 5.26 Å². The van der Waals surface area contributed by atoms with E-state index in [0.717, 1.165) is 0 Å². The first-order valence-corrected chi connectivity index (χ1v) is 5.55. The smallest absolute Gasteiger partial charge is 0.186 e. The molecule has 0 saturated heterocycles. The third-order valence-corrected chi connectivity index (χ3v) is 2.54. The molecule has 0 fully saturated rings. The molecule has 4 nitrogen and oxygen atoms in total. The second-order valence-electron chi connectivity index (χ2n) is 5.04. The zero-order chi connectivity index (χ0) is 13.3. The Morgan fingerprint density at radius 3 is 2.61 bits per heavy atom. The molecule has 92 valence electrons. The Hall–Kier alpha value is -2.22. The number of nitrogens with zero attached hydrogens (tertiary/aromatic N) is 4. The van der Waals surface area contributed by atoms with Crippen molar-refractivity contribution < 1.29 is 4.39 Å². The van der Waals surface area contributed by atoms with Gasteiger partial charge in [-0.25, -0.2) is 9.07 Å². The lowest BCUT2D eigenvalue weighted by Crippen LogP contribution is -2.19. The van der Waals surface area contributed by atoms with Crippen molar-refractivity contribution in [2.75, 3.05) is 0 Å². The molecule has 0 N–H and O–H groups in total. The van der Waals surface area contributed by atoms with Gasteiger partial charge in [0.15, 0.2) is 5.69 Å². The Labute approximate surface area is 105 Å². The van der Waals surface area contributed by atoms with Gasteiger partial charge in [0.05, 0.1) is 11.4 Å². The van der Waals surface area contributed by atoms with E-state index >= 15 is 0 Å². The van der Waals surface area contributed by atoms with Crippen LogP contribution >= 0.6 is 0 Å². The van der Waals surface area contributed by atoms with E-state index in [4.69, 9.17) is 5.26 Å². The van der Waals surface area contributed by atoms with Crippen LogP contribution in [0, 0.1) is 17.1 Å².